The number of anilines is 1. The number of fused-ring (bicyclic) bond motifs is 1. The van der Waals surface area contributed by atoms with Crippen molar-refractivity contribution in [1.29, 1.82) is 0 Å². The maximum atomic E-state index is 13.7. The molecule has 0 aliphatic carbocycles. The van der Waals surface area contributed by atoms with Crippen LogP contribution in [0.5, 0.6) is 5.75 Å². The molecule has 1 aliphatic rings. The fraction of sp³-hybridized carbons (Fsp3) is 0.200. The smallest absolute Gasteiger partial charge is 0.387 e. The number of rotatable bonds is 4. The van der Waals surface area contributed by atoms with Crippen molar-refractivity contribution in [1.82, 2.24) is 0 Å². The van der Waals surface area contributed by atoms with Gasteiger partial charge >= 0.3 is 6.61 Å². The Morgan fingerprint density at radius 2 is 2.00 bits per heavy atom. The molecule has 3 rings (SSSR count). The minimum Gasteiger partial charge on any atom is -0.432 e. The van der Waals surface area contributed by atoms with Crippen molar-refractivity contribution < 1.29 is 17.9 Å². The van der Waals surface area contributed by atoms with Crippen molar-refractivity contribution in [3.8, 4) is 5.75 Å². The van der Waals surface area contributed by atoms with Gasteiger partial charge in [0.05, 0.1) is 6.04 Å². The third-order valence-corrected chi connectivity index (χ3v) is 4.37. The van der Waals surface area contributed by atoms with Crippen molar-refractivity contribution in [3.05, 3.63) is 53.8 Å². The van der Waals surface area contributed by atoms with Gasteiger partial charge in [-0.15, -0.1) is 11.8 Å². The molecule has 1 N–H and O–H groups in total. The van der Waals surface area contributed by atoms with Gasteiger partial charge < -0.3 is 10.1 Å². The highest BCUT2D eigenvalue weighted by Gasteiger charge is 2.22. The van der Waals surface area contributed by atoms with E-state index in [1.54, 1.807) is 11.8 Å². The van der Waals surface area contributed by atoms with E-state index in [1.165, 1.54) is 23.1 Å². The van der Waals surface area contributed by atoms with Crippen LogP contribution in [-0.4, -0.2) is 12.4 Å². The van der Waals surface area contributed by atoms with Crippen LogP contribution in [-0.2, 0) is 0 Å². The molecule has 0 aromatic heterocycles. The first kappa shape index (κ1) is 14.1. The largest absolute Gasteiger partial charge is 0.432 e. The number of ether oxygens (including phenoxy) is 1. The third kappa shape index (κ3) is 3.10. The molecule has 1 heterocycles. The van der Waals surface area contributed by atoms with Gasteiger partial charge in [-0.3, -0.25) is 0 Å². The van der Waals surface area contributed by atoms with Gasteiger partial charge in [0.1, 0.15) is 0 Å². The Labute approximate surface area is 124 Å². The van der Waals surface area contributed by atoms with E-state index < -0.39 is 18.2 Å². The summed E-state index contributed by atoms with van der Waals surface area (Å²) in [5, 5.41) is 3.21. The zero-order valence-corrected chi connectivity index (χ0v) is 11.7. The molecule has 110 valence electrons. The lowest BCUT2D eigenvalue weighted by Crippen LogP contribution is -2.10. The Morgan fingerprint density at radius 3 is 2.76 bits per heavy atom. The lowest BCUT2D eigenvalue weighted by Gasteiger charge is -2.15. The van der Waals surface area contributed by atoms with Gasteiger partial charge in [0.15, 0.2) is 11.6 Å². The Bertz CT molecular complexity index is 651. The van der Waals surface area contributed by atoms with Gasteiger partial charge in [0.25, 0.3) is 0 Å². The van der Waals surface area contributed by atoms with Crippen molar-refractivity contribution in [2.24, 2.45) is 0 Å². The summed E-state index contributed by atoms with van der Waals surface area (Å²) in [5.74, 6) is -0.410. The van der Waals surface area contributed by atoms with Crippen molar-refractivity contribution in [2.75, 3.05) is 11.1 Å². The predicted molar refractivity (Wildman–Crippen MR) is 76.6 cm³/mol. The summed E-state index contributed by atoms with van der Waals surface area (Å²) in [6.07, 6.45) is 0. The van der Waals surface area contributed by atoms with Crippen LogP contribution in [0, 0.1) is 5.82 Å². The Morgan fingerprint density at radius 1 is 1.19 bits per heavy atom. The molecule has 1 unspecified atom stereocenters. The van der Waals surface area contributed by atoms with Crippen molar-refractivity contribution in [2.45, 2.75) is 17.5 Å². The van der Waals surface area contributed by atoms with Gasteiger partial charge in [-0.1, -0.05) is 18.2 Å². The molecule has 0 saturated heterocycles. The second-order valence-electron chi connectivity index (χ2n) is 4.57. The van der Waals surface area contributed by atoms with E-state index in [0.29, 0.717) is 5.69 Å². The van der Waals surface area contributed by atoms with Crippen LogP contribution in [0.4, 0.5) is 18.9 Å². The Balaban J connectivity index is 1.76. The van der Waals surface area contributed by atoms with E-state index in [2.05, 4.69) is 10.1 Å². The highest BCUT2D eigenvalue weighted by molar-refractivity contribution is 7.99. The van der Waals surface area contributed by atoms with E-state index in [-0.39, 0.29) is 6.04 Å². The molecule has 2 aromatic carbocycles. The first-order valence-corrected chi connectivity index (χ1v) is 7.34. The van der Waals surface area contributed by atoms with E-state index in [9.17, 15) is 13.2 Å². The maximum absolute atomic E-state index is 13.7. The van der Waals surface area contributed by atoms with Crippen LogP contribution in [0.15, 0.2) is 47.4 Å². The molecule has 0 amide bonds. The normalized spacial score (nSPS) is 16.9. The molecule has 1 atom stereocenters. The second-order valence-corrected chi connectivity index (χ2v) is 5.63. The van der Waals surface area contributed by atoms with Gasteiger partial charge in [-0.05, 0) is 23.8 Å². The third-order valence-electron chi connectivity index (χ3n) is 3.19. The van der Waals surface area contributed by atoms with Gasteiger partial charge in [-0.2, -0.15) is 8.78 Å². The summed E-state index contributed by atoms with van der Waals surface area (Å²) in [6.45, 7) is -3.03. The van der Waals surface area contributed by atoms with Crippen molar-refractivity contribution >= 4 is 17.4 Å². The number of halogens is 3. The first-order valence-electron chi connectivity index (χ1n) is 6.36. The lowest BCUT2D eigenvalue weighted by molar-refractivity contribution is -0.0521. The summed E-state index contributed by atoms with van der Waals surface area (Å²) in [4.78, 5) is 1.20. The highest BCUT2D eigenvalue weighted by atomic mass is 32.2. The average Bonchev–Trinajstić information content (AvgIpc) is 2.85. The van der Waals surface area contributed by atoms with Crippen LogP contribution in [0.2, 0.25) is 0 Å². The summed E-state index contributed by atoms with van der Waals surface area (Å²) >= 11 is 1.73. The van der Waals surface area contributed by atoms with Crippen molar-refractivity contribution in [3.63, 3.8) is 0 Å². The molecule has 2 aromatic rings. The minimum absolute atomic E-state index is 0.0764. The molecule has 21 heavy (non-hydrogen) atoms. The quantitative estimate of drug-likeness (QED) is 0.885. The van der Waals surface area contributed by atoms with Gasteiger partial charge in [-0.25, -0.2) is 4.39 Å². The zero-order valence-electron chi connectivity index (χ0n) is 10.9. The minimum atomic E-state index is -3.03. The van der Waals surface area contributed by atoms with Crippen LogP contribution in [0.25, 0.3) is 0 Å². The Kier molecular flexibility index (Phi) is 3.96. The zero-order chi connectivity index (χ0) is 14.8. The van der Waals surface area contributed by atoms with E-state index in [4.69, 9.17) is 0 Å². The van der Waals surface area contributed by atoms with E-state index in [1.807, 2.05) is 24.3 Å². The van der Waals surface area contributed by atoms with E-state index >= 15 is 0 Å². The summed E-state index contributed by atoms with van der Waals surface area (Å²) in [5.41, 5.74) is 1.70. The SMILES string of the molecule is Fc1cc(NC2CSc3ccccc32)ccc1OC(F)F. The molecule has 6 heteroatoms. The first-order chi connectivity index (χ1) is 10.1. The molecule has 0 spiro atoms. The molecule has 2 nitrogen and oxygen atoms in total. The second kappa shape index (κ2) is 5.89. The predicted octanol–water partition coefficient (Wildman–Crippen LogP) is 4.69. The summed E-state index contributed by atoms with van der Waals surface area (Å²) < 4.78 is 41.9. The maximum Gasteiger partial charge on any atom is 0.387 e. The molecular formula is C15H12F3NOS. The highest BCUT2D eigenvalue weighted by Crippen LogP contribution is 2.39. The van der Waals surface area contributed by atoms with Crippen LogP contribution in [0.3, 0.4) is 0 Å². The molecule has 0 bridgehead atoms. The number of thioether (sulfide) groups is 1. The number of hydrogen-bond donors (Lipinski definition) is 1. The van der Waals surface area contributed by atoms with E-state index in [0.717, 1.165) is 11.3 Å². The molecule has 0 saturated carbocycles. The monoisotopic (exact) mass is 311 g/mol. The number of benzene rings is 2. The lowest BCUT2D eigenvalue weighted by atomic mass is 10.1. The molecule has 0 radical (unpaired) electrons. The average molecular weight is 311 g/mol. The summed E-state index contributed by atoms with van der Waals surface area (Å²) in [6, 6.07) is 12.0. The topological polar surface area (TPSA) is 21.3 Å². The van der Waals surface area contributed by atoms with Crippen LogP contribution >= 0.6 is 11.8 Å². The standard InChI is InChI=1S/C15H12F3NOS/c16-11-7-9(5-6-13(11)20-15(17)18)19-12-8-21-14-4-2-1-3-10(12)14/h1-7,12,15,19H,8H2. The number of nitrogens with one attached hydrogen (secondary N) is 1. The summed E-state index contributed by atoms with van der Waals surface area (Å²) in [7, 11) is 0. The molecular weight excluding hydrogens is 299 g/mol. The number of alkyl halides is 2. The van der Waals surface area contributed by atoms with Crippen LogP contribution in [0.1, 0.15) is 11.6 Å². The van der Waals surface area contributed by atoms with Gasteiger partial charge in [0.2, 0.25) is 0 Å². The fourth-order valence-corrected chi connectivity index (χ4v) is 3.43. The Hall–Kier alpha value is -1.82. The van der Waals surface area contributed by atoms with Crippen LogP contribution < -0.4 is 10.1 Å². The number of hydrogen-bond acceptors (Lipinski definition) is 3. The fourth-order valence-electron chi connectivity index (χ4n) is 2.27. The molecule has 0 fully saturated rings. The van der Waals surface area contributed by atoms with Gasteiger partial charge in [0, 0.05) is 22.4 Å². The molecule has 1 aliphatic heterocycles.